The van der Waals surface area contributed by atoms with Crippen LogP contribution in [0.1, 0.15) is 18.4 Å². The van der Waals surface area contributed by atoms with E-state index in [1.807, 2.05) is 30.0 Å². The van der Waals surface area contributed by atoms with Crippen LogP contribution in [0.4, 0.5) is 5.69 Å². The van der Waals surface area contributed by atoms with Crippen LogP contribution in [0.3, 0.4) is 0 Å². The SMILES string of the molecule is Cc1ccc(Cl)cc1N(CCC#N)CCC#N. The molecule has 0 aliphatic rings. The maximum atomic E-state index is 8.64. The molecule has 88 valence electrons. The molecule has 0 bridgehead atoms. The van der Waals surface area contributed by atoms with Crippen LogP contribution in [0.15, 0.2) is 18.2 Å². The molecule has 0 saturated heterocycles. The lowest BCUT2D eigenvalue weighted by Crippen LogP contribution is -2.26. The molecule has 0 aromatic heterocycles. The van der Waals surface area contributed by atoms with Crippen molar-refractivity contribution in [3.8, 4) is 12.1 Å². The summed E-state index contributed by atoms with van der Waals surface area (Å²) in [5.74, 6) is 0. The van der Waals surface area contributed by atoms with Gasteiger partial charge in [0.1, 0.15) is 0 Å². The van der Waals surface area contributed by atoms with Crippen LogP contribution < -0.4 is 4.90 Å². The zero-order valence-corrected chi connectivity index (χ0v) is 10.5. The van der Waals surface area contributed by atoms with Crippen molar-refractivity contribution in [3.05, 3.63) is 28.8 Å². The molecule has 0 atom stereocenters. The van der Waals surface area contributed by atoms with Crippen LogP contribution in [0.2, 0.25) is 5.02 Å². The van der Waals surface area contributed by atoms with E-state index in [0.29, 0.717) is 31.0 Å². The Labute approximate surface area is 107 Å². The molecule has 0 N–H and O–H groups in total. The minimum Gasteiger partial charge on any atom is -0.369 e. The Balaban J connectivity index is 2.91. The van der Waals surface area contributed by atoms with Crippen molar-refractivity contribution in [2.75, 3.05) is 18.0 Å². The zero-order valence-electron chi connectivity index (χ0n) is 9.78. The first-order valence-corrected chi connectivity index (χ1v) is 5.82. The first kappa shape index (κ1) is 13.4. The van der Waals surface area contributed by atoms with Gasteiger partial charge in [0.25, 0.3) is 0 Å². The van der Waals surface area contributed by atoms with E-state index in [4.69, 9.17) is 22.1 Å². The molecule has 0 aliphatic heterocycles. The maximum Gasteiger partial charge on any atom is 0.0640 e. The van der Waals surface area contributed by atoms with Gasteiger partial charge in [-0.15, -0.1) is 0 Å². The number of hydrogen-bond donors (Lipinski definition) is 0. The third kappa shape index (κ3) is 3.98. The van der Waals surface area contributed by atoms with Gasteiger partial charge in [0.2, 0.25) is 0 Å². The van der Waals surface area contributed by atoms with Crippen molar-refractivity contribution in [3.63, 3.8) is 0 Å². The van der Waals surface area contributed by atoms with E-state index in [-0.39, 0.29) is 0 Å². The Morgan fingerprint density at radius 3 is 2.29 bits per heavy atom. The molecule has 3 nitrogen and oxygen atoms in total. The number of nitrogens with zero attached hydrogens (tertiary/aromatic N) is 3. The fourth-order valence-corrected chi connectivity index (χ4v) is 1.81. The average Bonchev–Trinajstić information content (AvgIpc) is 2.33. The second-order valence-electron chi connectivity index (χ2n) is 3.73. The molecular formula is C13H14ClN3. The van der Waals surface area contributed by atoms with Crippen LogP contribution in [-0.4, -0.2) is 13.1 Å². The fraction of sp³-hybridized carbons (Fsp3) is 0.385. The molecule has 0 amide bonds. The lowest BCUT2D eigenvalue weighted by atomic mass is 10.1. The summed E-state index contributed by atoms with van der Waals surface area (Å²) in [6.45, 7) is 3.25. The van der Waals surface area contributed by atoms with Crippen LogP contribution in [0.5, 0.6) is 0 Å². The van der Waals surface area contributed by atoms with E-state index in [0.717, 1.165) is 11.3 Å². The number of aryl methyl sites for hydroxylation is 1. The number of nitriles is 2. The summed E-state index contributed by atoms with van der Waals surface area (Å²) < 4.78 is 0. The summed E-state index contributed by atoms with van der Waals surface area (Å²) in [4.78, 5) is 2.04. The Morgan fingerprint density at radius 1 is 1.18 bits per heavy atom. The van der Waals surface area contributed by atoms with Gasteiger partial charge in [0.15, 0.2) is 0 Å². The quantitative estimate of drug-likeness (QED) is 0.802. The molecule has 0 spiro atoms. The molecule has 0 radical (unpaired) electrons. The molecule has 0 fully saturated rings. The highest BCUT2D eigenvalue weighted by Gasteiger charge is 2.09. The van der Waals surface area contributed by atoms with Crippen LogP contribution >= 0.6 is 11.6 Å². The van der Waals surface area contributed by atoms with Gasteiger partial charge >= 0.3 is 0 Å². The molecule has 0 heterocycles. The third-order valence-electron chi connectivity index (χ3n) is 2.50. The molecule has 0 saturated carbocycles. The van der Waals surface area contributed by atoms with E-state index in [2.05, 4.69) is 12.1 Å². The van der Waals surface area contributed by atoms with Crippen molar-refractivity contribution in [1.29, 1.82) is 10.5 Å². The van der Waals surface area contributed by atoms with Gasteiger partial charge in [-0.05, 0) is 24.6 Å². The van der Waals surface area contributed by atoms with E-state index < -0.39 is 0 Å². The molecular weight excluding hydrogens is 234 g/mol. The molecule has 17 heavy (non-hydrogen) atoms. The van der Waals surface area contributed by atoms with E-state index in [1.165, 1.54) is 0 Å². The molecule has 1 aromatic rings. The Bertz CT molecular complexity index is 439. The number of hydrogen-bond acceptors (Lipinski definition) is 3. The lowest BCUT2D eigenvalue weighted by Gasteiger charge is -2.24. The largest absolute Gasteiger partial charge is 0.369 e. The Morgan fingerprint density at radius 2 is 1.76 bits per heavy atom. The van der Waals surface area contributed by atoms with Gasteiger partial charge in [0, 0.05) is 23.8 Å². The van der Waals surface area contributed by atoms with Crippen molar-refractivity contribution >= 4 is 17.3 Å². The van der Waals surface area contributed by atoms with Crippen LogP contribution in [0.25, 0.3) is 0 Å². The van der Waals surface area contributed by atoms with E-state index >= 15 is 0 Å². The van der Waals surface area contributed by atoms with Gasteiger partial charge in [0.05, 0.1) is 25.0 Å². The normalized spacial score (nSPS) is 9.41. The molecule has 1 rings (SSSR count). The molecule has 0 unspecified atom stereocenters. The highest BCUT2D eigenvalue weighted by molar-refractivity contribution is 6.30. The number of anilines is 1. The topological polar surface area (TPSA) is 50.8 Å². The number of halogens is 1. The van der Waals surface area contributed by atoms with Gasteiger partial charge in [-0.3, -0.25) is 0 Å². The minimum atomic E-state index is 0.442. The summed E-state index contributed by atoms with van der Waals surface area (Å²) >= 11 is 5.97. The van der Waals surface area contributed by atoms with Crippen molar-refractivity contribution < 1.29 is 0 Å². The minimum absolute atomic E-state index is 0.442. The number of rotatable bonds is 5. The Hall–Kier alpha value is -1.71. The van der Waals surface area contributed by atoms with Crippen molar-refractivity contribution in [1.82, 2.24) is 0 Å². The molecule has 1 aromatic carbocycles. The highest BCUT2D eigenvalue weighted by atomic mass is 35.5. The summed E-state index contributed by atoms with van der Waals surface area (Å²) in [7, 11) is 0. The van der Waals surface area contributed by atoms with Gasteiger partial charge in [-0.25, -0.2) is 0 Å². The average molecular weight is 248 g/mol. The summed E-state index contributed by atoms with van der Waals surface area (Å²) in [6, 6.07) is 9.91. The van der Waals surface area contributed by atoms with Gasteiger partial charge in [-0.2, -0.15) is 10.5 Å². The van der Waals surface area contributed by atoms with E-state index in [9.17, 15) is 0 Å². The summed E-state index contributed by atoms with van der Waals surface area (Å²) in [5, 5.41) is 18.0. The van der Waals surface area contributed by atoms with Crippen molar-refractivity contribution in [2.45, 2.75) is 19.8 Å². The van der Waals surface area contributed by atoms with Gasteiger partial charge < -0.3 is 4.90 Å². The van der Waals surface area contributed by atoms with E-state index in [1.54, 1.807) is 0 Å². The third-order valence-corrected chi connectivity index (χ3v) is 2.73. The zero-order chi connectivity index (χ0) is 12.7. The van der Waals surface area contributed by atoms with Crippen molar-refractivity contribution in [2.24, 2.45) is 0 Å². The smallest absolute Gasteiger partial charge is 0.0640 e. The highest BCUT2D eigenvalue weighted by Crippen LogP contribution is 2.24. The first-order chi connectivity index (χ1) is 8.19. The number of benzene rings is 1. The monoisotopic (exact) mass is 247 g/mol. The maximum absolute atomic E-state index is 8.64. The second-order valence-corrected chi connectivity index (χ2v) is 4.17. The second kappa shape index (κ2) is 6.78. The Kier molecular flexibility index (Phi) is 5.33. The molecule has 4 heteroatoms. The fourth-order valence-electron chi connectivity index (χ4n) is 1.65. The summed E-state index contributed by atoms with van der Waals surface area (Å²) in [6.07, 6.45) is 0.884. The first-order valence-electron chi connectivity index (χ1n) is 5.44. The van der Waals surface area contributed by atoms with Gasteiger partial charge in [-0.1, -0.05) is 17.7 Å². The van der Waals surface area contributed by atoms with Crippen LogP contribution in [0, 0.1) is 29.6 Å². The predicted molar refractivity (Wildman–Crippen MR) is 68.9 cm³/mol. The summed E-state index contributed by atoms with van der Waals surface area (Å²) in [5.41, 5.74) is 2.10. The van der Waals surface area contributed by atoms with Crippen LogP contribution in [-0.2, 0) is 0 Å². The lowest BCUT2D eigenvalue weighted by molar-refractivity contribution is 0.793. The predicted octanol–water partition coefficient (Wildman–Crippen LogP) is 3.28. The standard InChI is InChI=1S/C13H14ClN3/c1-11-4-5-12(14)10-13(11)17(8-2-6-15)9-3-7-16/h4-5,10H,2-3,8-9H2,1H3. The molecule has 0 aliphatic carbocycles.